The van der Waals surface area contributed by atoms with E-state index in [4.69, 9.17) is 9.47 Å². The lowest BCUT2D eigenvalue weighted by Gasteiger charge is -2.25. The number of rotatable bonds is 4. The van der Waals surface area contributed by atoms with Crippen molar-refractivity contribution in [2.45, 2.75) is 20.3 Å². The number of amides is 2. The summed E-state index contributed by atoms with van der Waals surface area (Å²) < 4.78 is 10.7. The minimum absolute atomic E-state index is 0.0142. The number of ether oxygens (including phenoxy) is 2. The number of nitrogens with zero attached hydrogens (tertiary/aromatic N) is 2. The molecule has 6 nitrogen and oxygen atoms in total. The molecule has 2 amide bonds. The molecule has 4 rings (SSSR count). The van der Waals surface area contributed by atoms with E-state index < -0.39 is 0 Å². The molecule has 1 saturated heterocycles. The fourth-order valence-corrected chi connectivity index (χ4v) is 3.66. The van der Waals surface area contributed by atoms with Gasteiger partial charge >= 0.3 is 0 Å². The van der Waals surface area contributed by atoms with Gasteiger partial charge in [-0.3, -0.25) is 9.59 Å². The lowest BCUT2D eigenvalue weighted by atomic mass is 10.1. The Bertz CT molecular complexity index is 896. The zero-order valence-electron chi connectivity index (χ0n) is 15.5. The first-order valence-corrected chi connectivity index (χ1v) is 9.15. The Labute approximate surface area is 158 Å². The van der Waals surface area contributed by atoms with Gasteiger partial charge in [-0.25, -0.2) is 0 Å². The Balaban J connectivity index is 1.53. The second kappa shape index (κ2) is 6.95. The topological polar surface area (TPSA) is 59.1 Å². The van der Waals surface area contributed by atoms with Crippen LogP contribution in [0.15, 0.2) is 42.5 Å². The van der Waals surface area contributed by atoms with Crippen LogP contribution in [0.25, 0.3) is 0 Å². The van der Waals surface area contributed by atoms with Crippen LogP contribution in [-0.2, 0) is 9.59 Å². The van der Waals surface area contributed by atoms with Gasteiger partial charge in [0.25, 0.3) is 0 Å². The van der Waals surface area contributed by atoms with Crippen LogP contribution in [0, 0.1) is 12.8 Å². The summed E-state index contributed by atoms with van der Waals surface area (Å²) in [6.07, 6.45) is 0.218. The smallest absolute Gasteiger partial charge is 0.232 e. The number of aryl methyl sites for hydroxylation is 1. The minimum atomic E-state index is -0.358. The lowest BCUT2D eigenvalue weighted by molar-refractivity contribution is -0.124. The molecule has 1 atom stereocenters. The number of hydrogen-bond donors (Lipinski definition) is 0. The summed E-state index contributed by atoms with van der Waals surface area (Å²) in [6, 6.07) is 13.3. The average Bonchev–Trinajstić information content (AvgIpc) is 3.28. The molecule has 0 radical (unpaired) electrons. The Hall–Kier alpha value is -3.02. The molecule has 140 valence electrons. The van der Waals surface area contributed by atoms with Crippen LogP contribution in [0.4, 0.5) is 11.4 Å². The highest BCUT2D eigenvalue weighted by Crippen LogP contribution is 2.37. The SMILES string of the molecule is CCN(C(=O)C1CC(=O)N(c2ccc3c(c2)OCO3)C1)c1cccc(C)c1. The Kier molecular flexibility index (Phi) is 4.48. The summed E-state index contributed by atoms with van der Waals surface area (Å²) in [4.78, 5) is 29.1. The first-order valence-electron chi connectivity index (χ1n) is 9.15. The van der Waals surface area contributed by atoms with Gasteiger partial charge in [-0.05, 0) is 43.7 Å². The van der Waals surface area contributed by atoms with Crippen LogP contribution in [0.5, 0.6) is 11.5 Å². The molecular weight excluding hydrogens is 344 g/mol. The quantitative estimate of drug-likeness (QED) is 0.834. The minimum Gasteiger partial charge on any atom is -0.454 e. The van der Waals surface area contributed by atoms with E-state index in [1.165, 1.54) is 0 Å². The Morgan fingerprint density at radius 3 is 2.78 bits per heavy atom. The molecule has 0 bridgehead atoms. The summed E-state index contributed by atoms with van der Waals surface area (Å²) in [5.41, 5.74) is 2.71. The van der Waals surface area contributed by atoms with Gasteiger partial charge in [0.2, 0.25) is 18.6 Å². The molecule has 0 saturated carbocycles. The van der Waals surface area contributed by atoms with Gasteiger partial charge in [0.15, 0.2) is 11.5 Å². The van der Waals surface area contributed by atoms with Crippen LogP contribution >= 0.6 is 0 Å². The molecule has 0 aromatic heterocycles. The fraction of sp³-hybridized carbons (Fsp3) is 0.333. The lowest BCUT2D eigenvalue weighted by Crippen LogP contribution is -2.37. The number of hydrogen-bond acceptors (Lipinski definition) is 4. The van der Waals surface area contributed by atoms with Gasteiger partial charge in [0, 0.05) is 37.0 Å². The number of anilines is 2. The normalized spacial score (nSPS) is 18.1. The molecule has 1 unspecified atom stereocenters. The third kappa shape index (κ3) is 3.23. The van der Waals surface area contributed by atoms with Crippen molar-refractivity contribution in [3.05, 3.63) is 48.0 Å². The molecular formula is C21H22N2O4. The summed E-state index contributed by atoms with van der Waals surface area (Å²) >= 11 is 0. The van der Waals surface area contributed by atoms with Crippen molar-refractivity contribution in [1.82, 2.24) is 0 Å². The maximum absolute atomic E-state index is 13.1. The molecule has 2 heterocycles. The summed E-state index contributed by atoms with van der Waals surface area (Å²) in [7, 11) is 0. The van der Waals surface area contributed by atoms with E-state index in [1.54, 1.807) is 21.9 Å². The summed E-state index contributed by atoms with van der Waals surface area (Å²) in [5.74, 6) is 0.884. The van der Waals surface area contributed by atoms with E-state index in [2.05, 4.69) is 0 Å². The Morgan fingerprint density at radius 2 is 2.00 bits per heavy atom. The standard InChI is InChI=1S/C21H22N2O4/c1-3-22(16-6-4-5-14(2)9-16)21(25)15-10-20(24)23(12-15)17-7-8-18-19(11-17)27-13-26-18/h4-9,11,15H,3,10,12-13H2,1-2H3. The van der Waals surface area contributed by atoms with Crippen molar-refractivity contribution in [3.8, 4) is 11.5 Å². The highest BCUT2D eigenvalue weighted by atomic mass is 16.7. The van der Waals surface area contributed by atoms with E-state index >= 15 is 0 Å². The van der Waals surface area contributed by atoms with Crippen molar-refractivity contribution in [2.75, 3.05) is 29.7 Å². The van der Waals surface area contributed by atoms with Gasteiger partial charge in [-0.1, -0.05) is 12.1 Å². The molecule has 2 aromatic carbocycles. The summed E-state index contributed by atoms with van der Waals surface area (Å²) in [5, 5.41) is 0. The molecule has 6 heteroatoms. The van der Waals surface area contributed by atoms with E-state index in [1.807, 2.05) is 44.2 Å². The zero-order valence-corrected chi connectivity index (χ0v) is 15.5. The van der Waals surface area contributed by atoms with Crippen molar-refractivity contribution in [3.63, 3.8) is 0 Å². The molecule has 2 aliphatic rings. The number of benzene rings is 2. The van der Waals surface area contributed by atoms with Gasteiger partial charge in [0.1, 0.15) is 0 Å². The zero-order chi connectivity index (χ0) is 19.0. The molecule has 0 aliphatic carbocycles. The molecule has 1 fully saturated rings. The van der Waals surface area contributed by atoms with Crippen molar-refractivity contribution in [1.29, 1.82) is 0 Å². The van der Waals surface area contributed by atoms with Gasteiger partial charge in [0.05, 0.1) is 5.92 Å². The number of carbonyl (C=O) groups excluding carboxylic acids is 2. The van der Waals surface area contributed by atoms with Crippen LogP contribution in [0.3, 0.4) is 0 Å². The van der Waals surface area contributed by atoms with Gasteiger partial charge < -0.3 is 19.3 Å². The third-order valence-corrected chi connectivity index (χ3v) is 5.04. The van der Waals surface area contributed by atoms with Crippen LogP contribution in [0.1, 0.15) is 18.9 Å². The molecule has 27 heavy (non-hydrogen) atoms. The third-order valence-electron chi connectivity index (χ3n) is 5.04. The van der Waals surface area contributed by atoms with Crippen molar-refractivity contribution in [2.24, 2.45) is 5.92 Å². The number of fused-ring (bicyclic) bond motifs is 1. The molecule has 0 spiro atoms. The largest absolute Gasteiger partial charge is 0.454 e. The Morgan fingerprint density at radius 1 is 1.19 bits per heavy atom. The van der Waals surface area contributed by atoms with E-state index in [9.17, 15) is 9.59 Å². The predicted molar refractivity (Wildman–Crippen MR) is 102 cm³/mol. The maximum Gasteiger partial charge on any atom is 0.232 e. The highest BCUT2D eigenvalue weighted by Gasteiger charge is 2.37. The molecule has 2 aliphatic heterocycles. The van der Waals surface area contributed by atoms with Crippen LogP contribution < -0.4 is 19.3 Å². The maximum atomic E-state index is 13.1. The van der Waals surface area contributed by atoms with Gasteiger partial charge in [-0.15, -0.1) is 0 Å². The first kappa shape index (κ1) is 17.4. The summed E-state index contributed by atoms with van der Waals surface area (Å²) in [6.45, 7) is 5.08. The van der Waals surface area contributed by atoms with Crippen LogP contribution in [-0.4, -0.2) is 31.7 Å². The second-order valence-corrected chi connectivity index (χ2v) is 6.86. The monoisotopic (exact) mass is 366 g/mol. The van der Waals surface area contributed by atoms with Crippen molar-refractivity contribution >= 4 is 23.2 Å². The predicted octanol–water partition coefficient (Wildman–Crippen LogP) is 3.13. The van der Waals surface area contributed by atoms with Crippen LogP contribution in [0.2, 0.25) is 0 Å². The van der Waals surface area contributed by atoms with Gasteiger partial charge in [-0.2, -0.15) is 0 Å². The van der Waals surface area contributed by atoms with E-state index in [0.717, 1.165) is 16.9 Å². The highest BCUT2D eigenvalue weighted by molar-refractivity contribution is 6.04. The molecule has 0 N–H and O–H groups in total. The number of carbonyl (C=O) groups is 2. The second-order valence-electron chi connectivity index (χ2n) is 6.86. The first-order chi connectivity index (χ1) is 13.1. The van der Waals surface area contributed by atoms with E-state index in [0.29, 0.717) is 24.6 Å². The van der Waals surface area contributed by atoms with Crippen molar-refractivity contribution < 1.29 is 19.1 Å². The fourth-order valence-electron chi connectivity index (χ4n) is 3.66. The van der Waals surface area contributed by atoms with E-state index in [-0.39, 0.29) is 30.9 Å². The average molecular weight is 366 g/mol. The molecule has 2 aromatic rings.